The van der Waals surface area contributed by atoms with E-state index in [0.29, 0.717) is 63.2 Å². The summed E-state index contributed by atoms with van der Waals surface area (Å²) in [6.45, 7) is 13.1. The Morgan fingerprint density at radius 3 is 2.11 bits per heavy atom. The number of hydrogen-bond acceptors (Lipinski definition) is 17. The smallest absolute Gasteiger partial charge is 0.304 e. The predicted octanol–water partition coefficient (Wildman–Crippen LogP) is -3.36. The van der Waals surface area contributed by atoms with Crippen molar-refractivity contribution >= 4 is 88.0 Å². The van der Waals surface area contributed by atoms with Crippen molar-refractivity contribution in [3.05, 3.63) is 23.4 Å². The zero-order chi connectivity index (χ0) is 59.7. The second-order valence-corrected chi connectivity index (χ2v) is 22.7. The number of carbonyl (C=O) groups is 11. The summed E-state index contributed by atoms with van der Waals surface area (Å²) in [5.41, 5.74) is 11.4. The molecule has 2 fully saturated rings. The number of aliphatic carboxylic acids is 1. The van der Waals surface area contributed by atoms with Gasteiger partial charge in [-0.1, -0.05) is 53.5 Å². The van der Waals surface area contributed by atoms with Crippen LogP contribution in [0.25, 0.3) is 0 Å². The zero-order valence-electron chi connectivity index (χ0n) is 45.9. The molecule has 11 atom stereocenters. The van der Waals surface area contributed by atoms with E-state index in [1.807, 2.05) is 0 Å². The van der Waals surface area contributed by atoms with Crippen molar-refractivity contribution in [2.24, 2.45) is 29.2 Å². The number of nitrogens with one attached hydrogen (secondary N) is 7. The van der Waals surface area contributed by atoms with Crippen molar-refractivity contribution in [2.45, 2.75) is 153 Å². The molecule has 2 rings (SSSR count). The second-order valence-electron chi connectivity index (χ2n) is 19.9. The van der Waals surface area contributed by atoms with Crippen molar-refractivity contribution in [2.75, 3.05) is 50.8 Å². The summed E-state index contributed by atoms with van der Waals surface area (Å²) in [7, 11) is 0. The molecule has 0 aromatic heterocycles. The van der Waals surface area contributed by atoms with Gasteiger partial charge in [0, 0.05) is 91.6 Å². The first kappa shape index (κ1) is 69.1. The molecule has 2 aliphatic rings. The number of hydrogen-bond donors (Lipinski definition) is 13. The number of unbranched alkanes of at least 4 members (excludes halogenated alkanes) is 2. The maximum atomic E-state index is 14.3. The van der Waals surface area contributed by atoms with E-state index in [-0.39, 0.29) is 47.3 Å². The monoisotopic (exact) mass is 1160 g/mol. The maximum Gasteiger partial charge on any atom is 0.304 e. The molecule has 2 heterocycles. The van der Waals surface area contributed by atoms with Crippen LogP contribution in [-0.4, -0.2) is 198 Å². The Balaban J connectivity index is 2.21. The van der Waals surface area contributed by atoms with Gasteiger partial charge < -0.3 is 83.5 Å². The van der Waals surface area contributed by atoms with Crippen LogP contribution < -0.4 is 48.7 Å². The number of carboxylic acids is 1. The number of likely N-dealkylation sites (tertiary alicyclic amines) is 2. The maximum absolute atomic E-state index is 14.3. The van der Waals surface area contributed by atoms with Crippen LogP contribution in [-0.2, 0) is 63.9 Å². The molecule has 0 spiro atoms. The van der Waals surface area contributed by atoms with Gasteiger partial charge in [-0.25, -0.2) is 0 Å². The summed E-state index contributed by atoms with van der Waals surface area (Å²) in [6.07, 6.45) is 0.401. The van der Waals surface area contributed by atoms with Gasteiger partial charge in [-0.3, -0.25) is 52.7 Å². The minimum absolute atomic E-state index is 0.0150. The summed E-state index contributed by atoms with van der Waals surface area (Å²) in [6, 6.07) is -7.42. The van der Waals surface area contributed by atoms with Crippen LogP contribution in [0.5, 0.6) is 0 Å². The summed E-state index contributed by atoms with van der Waals surface area (Å²) in [5, 5.41) is 57.1. The molecule has 79 heavy (non-hydrogen) atoms. The standard InChI is InChI=1S/C50H83N11O16S2/c1-8-27(3)43(58-39(66)9-2)49(75)54-21-40(67)56-35(47(73)57-34(14-15-38(51)65)50(76)61-22-32(63)20-36(61)48(74)59-44(45(52)71)30(6)37(64)25-62)26-79(77)31(7)55-29(5)16-18-78-33-23-60(24-33)41(68)13-11-10-12-17-53-46(72)28(4)19-42(69)70/h16,27-28,30,32-37,43-44,55,62-64H,7-15,17-26H2,1-6H3,(H2,51,65)(H2,52,71)(H,53,72)(H,54,75)(H,56,67)(H,57,73)(H,58,66)(H,59,74)(H,69,70)/b29-16-/t27-,28?,30-,32+,34-,35-,36-,37-,43-,44-,79?/m0/s1. The van der Waals surface area contributed by atoms with Gasteiger partial charge >= 0.3 is 5.97 Å². The van der Waals surface area contributed by atoms with Crippen molar-refractivity contribution in [1.29, 1.82) is 0 Å². The fraction of sp³-hybridized carbons (Fsp3) is 0.700. The summed E-state index contributed by atoms with van der Waals surface area (Å²) in [5.74, 6) is -10.7. The summed E-state index contributed by atoms with van der Waals surface area (Å²) < 4.78 is 13.9. The Bertz CT molecular complexity index is 2190. The number of nitrogens with zero attached hydrogens (tertiary/aromatic N) is 2. The Hall–Kier alpha value is -6.01. The first-order chi connectivity index (χ1) is 37.1. The molecule has 27 nitrogen and oxygen atoms in total. The van der Waals surface area contributed by atoms with E-state index in [1.54, 1.807) is 57.4 Å². The van der Waals surface area contributed by atoms with E-state index in [1.165, 1.54) is 6.92 Å². The number of thioether (sulfide) groups is 1. The van der Waals surface area contributed by atoms with E-state index < -0.39 is 157 Å². The van der Waals surface area contributed by atoms with E-state index in [9.17, 15) is 72.6 Å². The fourth-order valence-corrected chi connectivity index (χ4v) is 10.4. The van der Waals surface area contributed by atoms with E-state index in [2.05, 4.69) is 43.8 Å². The van der Waals surface area contributed by atoms with E-state index >= 15 is 0 Å². The number of amides is 10. The third-order valence-electron chi connectivity index (χ3n) is 13.4. The van der Waals surface area contributed by atoms with Gasteiger partial charge in [0.25, 0.3) is 0 Å². The highest BCUT2D eigenvalue weighted by molar-refractivity contribution is 8.00. The number of aliphatic hydroxyl groups is 3. The second kappa shape index (κ2) is 34.9. The average molecular weight is 1160 g/mol. The van der Waals surface area contributed by atoms with Crippen molar-refractivity contribution in [3.8, 4) is 0 Å². The number of primary amides is 2. The Labute approximate surface area is 467 Å². The van der Waals surface area contributed by atoms with E-state index in [4.69, 9.17) is 16.6 Å². The quantitative estimate of drug-likeness (QED) is 0.0213. The number of carboxylic acid groups (broad SMARTS) is 1. The molecule has 15 N–H and O–H groups in total. The summed E-state index contributed by atoms with van der Waals surface area (Å²) in [4.78, 5) is 144. The number of aliphatic hydroxyl groups excluding tert-OH is 3. The van der Waals surface area contributed by atoms with Gasteiger partial charge in [0.15, 0.2) is 6.04 Å². The van der Waals surface area contributed by atoms with Crippen molar-refractivity contribution in [3.63, 3.8) is 0 Å². The Kier molecular flexibility index (Phi) is 30.5. The van der Waals surface area contributed by atoms with Gasteiger partial charge in [-0.05, 0) is 38.7 Å². The lowest BCUT2D eigenvalue weighted by atomic mass is 9.95. The molecule has 0 saturated carbocycles. The van der Waals surface area contributed by atoms with Crippen LogP contribution in [0.15, 0.2) is 23.4 Å². The minimum atomic E-state index is -2.16. The fourth-order valence-electron chi connectivity index (χ4n) is 8.22. The van der Waals surface area contributed by atoms with Crippen LogP contribution in [0.1, 0.15) is 106 Å². The van der Waals surface area contributed by atoms with Crippen LogP contribution in [0.2, 0.25) is 0 Å². The highest BCUT2D eigenvalue weighted by Crippen LogP contribution is 2.25. The highest BCUT2D eigenvalue weighted by Gasteiger charge is 2.44. The largest absolute Gasteiger partial charge is 0.610 e. The van der Waals surface area contributed by atoms with Crippen molar-refractivity contribution < 1.29 is 77.7 Å². The lowest BCUT2D eigenvalue weighted by Crippen LogP contribution is -2.60. The first-order valence-electron chi connectivity index (χ1n) is 26.4. The molecule has 10 amide bonds. The van der Waals surface area contributed by atoms with E-state index in [0.717, 1.165) is 4.90 Å². The summed E-state index contributed by atoms with van der Waals surface area (Å²) >= 11 is -0.577. The molecule has 2 saturated heterocycles. The molecule has 0 aliphatic carbocycles. The number of β-amino-alcohol motifs (C(OH)–C–C–N with tert-alkyl or cyclic N) is 1. The molecule has 446 valence electrons. The van der Waals surface area contributed by atoms with Crippen LogP contribution >= 0.6 is 11.8 Å². The molecule has 0 bridgehead atoms. The lowest BCUT2D eigenvalue weighted by Gasteiger charge is -2.38. The van der Waals surface area contributed by atoms with Crippen LogP contribution in [0.3, 0.4) is 0 Å². The lowest BCUT2D eigenvalue weighted by molar-refractivity contribution is -0.143. The average Bonchev–Trinajstić information content (AvgIpc) is 3.79. The van der Waals surface area contributed by atoms with Crippen LogP contribution in [0, 0.1) is 17.8 Å². The van der Waals surface area contributed by atoms with Crippen molar-refractivity contribution in [1.82, 2.24) is 47.0 Å². The SMILES string of the molecule is C=C(N/C(C)=C\CSC1CN(C(=O)CCCCCNC(=O)C(C)CC(=O)O)C1)[S+]([O-])C[C@H](NC(=O)CNC(=O)[C@@H](NC(=O)CC)[C@@H](C)CC)C(=O)N[C@@H](CCC(N)=O)C(=O)N1C[C@H](O)C[C@H]1C(=O)N[C@H](C(N)=O)[C@@H](C)[C@@H](O)CO. The highest BCUT2D eigenvalue weighted by atomic mass is 32.2. The number of rotatable bonds is 37. The van der Waals surface area contributed by atoms with Gasteiger partial charge in [-0.2, -0.15) is 11.8 Å². The molecule has 0 aromatic carbocycles. The van der Waals surface area contributed by atoms with Gasteiger partial charge in [0.2, 0.25) is 64.1 Å². The minimum Gasteiger partial charge on any atom is -0.610 e. The third kappa shape index (κ3) is 24.1. The predicted molar refractivity (Wildman–Crippen MR) is 291 cm³/mol. The molecule has 2 aliphatic heterocycles. The molecule has 29 heteroatoms. The number of allylic oxidation sites excluding steroid dienone is 1. The van der Waals surface area contributed by atoms with Gasteiger partial charge in [-0.15, -0.1) is 0 Å². The molecule has 0 radical (unpaired) electrons. The zero-order valence-corrected chi connectivity index (χ0v) is 47.5. The molecule has 2 unspecified atom stereocenters. The topological polar surface area (TPSA) is 434 Å². The molecular weight excluding hydrogens is 1070 g/mol. The van der Waals surface area contributed by atoms with Crippen LogP contribution in [0.4, 0.5) is 0 Å². The number of carbonyl (C=O) groups excluding carboxylic acids is 10. The Morgan fingerprint density at radius 2 is 1.52 bits per heavy atom. The molecule has 0 aromatic rings. The van der Waals surface area contributed by atoms with Gasteiger partial charge in [0.1, 0.15) is 29.9 Å². The normalized spacial score (nSPS) is 18.8. The third-order valence-corrected chi connectivity index (χ3v) is 15.9. The first-order valence-corrected chi connectivity index (χ1v) is 28.7. The molecular formula is C50H83N11O16S2. The Morgan fingerprint density at radius 1 is 0.848 bits per heavy atom. The van der Waals surface area contributed by atoms with Gasteiger partial charge in [0.05, 0.1) is 31.8 Å². The number of nitrogens with two attached hydrogens (primary N) is 2.